The van der Waals surface area contributed by atoms with Crippen molar-refractivity contribution in [3.63, 3.8) is 0 Å². The van der Waals surface area contributed by atoms with Gasteiger partial charge in [-0.1, -0.05) is 24.3 Å². The van der Waals surface area contributed by atoms with Gasteiger partial charge in [-0.25, -0.2) is 4.98 Å². The van der Waals surface area contributed by atoms with Gasteiger partial charge in [-0.05, 0) is 48.6 Å². The number of nitrogens with zero attached hydrogens (tertiary/aromatic N) is 2. The Morgan fingerprint density at radius 1 is 1.00 bits per heavy atom. The average Bonchev–Trinajstić information content (AvgIpc) is 2.95. The molecule has 5 aromatic rings. The average molecular weight is 314 g/mol. The smallest absolute Gasteiger partial charge is 0.264 e. The first-order valence-corrected chi connectivity index (χ1v) is 7.86. The summed E-state index contributed by atoms with van der Waals surface area (Å²) in [5.41, 5.74) is 3.99. The van der Waals surface area contributed by atoms with Crippen LogP contribution in [0.3, 0.4) is 0 Å². The minimum Gasteiger partial charge on any atom is -0.508 e. The van der Waals surface area contributed by atoms with Gasteiger partial charge in [0.25, 0.3) is 5.56 Å². The molecule has 0 aliphatic carbocycles. The summed E-state index contributed by atoms with van der Waals surface area (Å²) < 4.78 is 1.66. The van der Waals surface area contributed by atoms with Crippen LogP contribution < -0.4 is 5.56 Å². The number of hydrogen-bond donors (Lipinski definition) is 1. The highest BCUT2D eigenvalue weighted by molar-refractivity contribution is 6.16. The summed E-state index contributed by atoms with van der Waals surface area (Å²) in [5, 5.41) is 13.5. The summed E-state index contributed by atoms with van der Waals surface area (Å²) in [6, 6.07) is 13.4. The maximum absolute atomic E-state index is 13.2. The lowest BCUT2D eigenvalue weighted by molar-refractivity contribution is 0.473. The molecular weight excluding hydrogens is 300 g/mol. The number of phenolic OH excluding ortho intramolecular Hbond substituents is 1. The molecule has 3 aromatic carbocycles. The van der Waals surface area contributed by atoms with Gasteiger partial charge >= 0.3 is 0 Å². The highest BCUT2D eigenvalue weighted by Gasteiger charge is 2.18. The highest BCUT2D eigenvalue weighted by Crippen LogP contribution is 2.35. The fourth-order valence-electron chi connectivity index (χ4n) is 3.66. The first-order chi connectivity index (χ1) is 11.6. The number of aryl methyl sites for hydroxylation is 2. The maximum Gasteiger partial charge on any atom is 0.264 e. The van der Waals surface area contributed by atoms with E-state index in [-0.39, 0.29) is 11.3 Å². The molecule has 5 rings (SSSR count). The lowest BCUT2D eigenvalue weighted by Gasteiger charge is -2.10. The summed E-state index contributed by atoms with van der Waals surface area (Å²) in [7, 11) is 0. The van der Waals surface area contributed by atoms with Crippen molar-refractivity contribution < 1.29 is 5.11 Å². The lowest BCUT2D eigenvalue weighted by Crippen LogP contribution is -2.13. The molecule has 0 saturated heterocycles. The van der Waals surface area contributed by atoms with Crippen LogP contribution in [0.4, 0.5) is 0 Å². The van der Waals surface area contributed by atoms with Crippen molar-refractivity contribution in [2.24, 2.45) is 0 Å². The predicted octanol–water partition coefficient (Wildman–Crippen LogP) is 3.91. The Balaban J connectivity index is 2.21. The molecule has 2 heterocycles. The van der Waals surface area contributed by atoms with Crippen LogP contribution in [0.15, 0.2) is 47.3 Å². The largest absolute Gasteiger partial charge is 0.508 e. The van der Waals surface area contributed by atoms with Crippen molar-refractivity contribution in [2.45, 2.75) is 13.8 Å². The Bertz CT molecular complexity index is 1350. The summed E-state index contributed by atoms with van der Waals surface area (Å²) in [6.45, 7) is 3.86. The van der Waals surface area contributed by atoms with E-state index in [1.54, 1.807) is 10.5 Å². The molecule has 2 aromatic heterocycles. The standard InChI is InChI=1S/C20H14N2O2/c1-10-6-7-15-16(8-10)22-19(21-15)13-5-3-4-12-11(2)17(23)9-14(18(12)13)20(22)24/h3-9,23H,1-2H3. The second kappa shape index (κ2) is 4.23. The minimum atomic E-state index is -0.142. The van der Waals surface area contributed by atoms with Gasteiger partial charge in [0, 0.05) is 10.8 Å². The number of phenols is 1. The van der Waals surface area contributed by atoms with Gasteiger partial charge in [0.15, 0.2) is 0 Å². The molecule has 0 radical (unpaired) electrons. The van der Waals surface area contributed by atoms with Crippen molar-refractivity contribution >= 4 is 38.2 Å². The Morgan fingerprint density at radius 3 is 2.62 bits per heavy atom. The molecule has 0 aliphatic heterocycles. The lowest BCUT2D eigenvalue weighted by atomic mass is 9.98. The van der Waals surface area contributed by atoms with Gasteiger partial charge in [0.05, 0.1) is 16.4 Å². The number of pyridine rings is 1. The topological polar surface area (TPSA) is 54.6 Å². The Kier molecular flexibility index (Phi) is 2.35. The van der Waals surface area contributed by atoms with E-state index in [0.717, 1.165) is 38.3 Å². The fraction of sp³-hybridized carbons (Fsp3) is 0.100. The van der Waals surface area contributed by atoms with Gasteiger partial charge in [0.1, 0.15) is 11.4 Å². The third kappa shape index (κ3) is 1.48. The zero-order chi connectivity index (χ0) is 16.6. The Morgan fingerprint density at radius 2 is 1.79 bits per heavy atom. The number of benzene rings is 3. The van der Waals surface area contributed by atoms with Crippen LogP contribution in [0.5, 0.6) is 5.75 Å². The normalized spacial score (nSPS) is 12.1. The molecule has 0 saturated carbocycles. The Labute approximate surface area is 136 Å². The molecule has 4 heteroatoms. The summed E-state index contributed by atoms with van der Waals surface area (Å²) in [4.78, 5) is 17.9. The highest BCUT2D eigenvalue weighted by atomic mass is 16.3. The monoisotopic (exact) mass is 314 g/mol. The number of aromatic hydroxyl groups is 1. The zero-order valence-electron chi connectivity index (χ0n) is 13.3. The van der Waals surface area contributed by atoms with E-state index in [9.17, 15) is 9.90 Å². The summed E-state index contributed by atoms with van der Waals surface area (Å²) in [6.07, 6.45) is 0. The van der Waals surface area contributed by atoms with Crippen molar-refractivity contribution in [1.82, 2.24) is 9.38 Å². The molecular formula is C20H14N2O2. The van der Waals surface area contributed by atoms with Crippen molar-refractivity contribution in [1.29, 1.82) is 0 Å². The van der Waals surface area contributed by atoms with E-state index in [4.69, 9.17) is 4.98 Å². The molecule has 0 unspecified atom stereocenters. The quantitative estimate of drug-likeness (QED) is 0.471. The number of imidazole rings is 1. The molecule has 0 amide bonds. The minimum absolute atomic E-state index is 0.142. The van der Waals surface area contributed by atoms with Crippen LogP contribution in [0.2, 0.25) is 0 Å². The zero-order valence-corrected chi connectivity index (χ0v) is 13.3. The molecule has 0 bridgehead atoms. The first-order valence-electron chi connectivity index (χ1n) is 7.86. The molecule has 4 nitrogen and oxygen atoms in total. The summed E-state index contributed by atoms with van der Waals surface area (Å²) in [5.74, 6) is 0.145. The van der Waals surface area contributed by atoms with Crippen LogP contribution in [0.25, 0.3) is 38.2 Å². The van der Waals surface area contributed by atoms with Gasteiger partial charge in [-0.3, -0.25) is 9.20 Å². The summed E-state index contributed by atoms with van der Waals surface area (Å²) >= 11 is 0. The van der Waals surface area contributed by atoms with Gasteiger partial charge < -0.3 is 5.11 Å². The van der Waals surface area contributed by atoms with Gasteiger partial charge in [-0.2, -0.15) is 0 Å². The van der Waals surface area contributed by atoms with Crippen LogP contribution in [-0.4, -0.2) is 14.5 Å². The van der Waals surface area contributed by atoms with E-state index < -0.39 is 0 Å². The molecule has 0 spiro atoms. The number of rotatable bonds is 0. The Hall–Kier alpha value is -3.14. The number of aromatic nitrogens is 2. The van der Waals surface area contributed by atoms with Gasteiger partial charge in [-0.15, -0.1) is 0 Å². The second-order valence-electron chi connectivity index (χ2n) is 6.36. The van der Waals surface area contributed by atoms with Crippen molar-refractivity contribution in [3.8, 4) is 5.75 Å². The predicted molar refractivity (Wildman–Crippen MR) is 96.3 cm³/mol. The maximum atomic E-state index is 13.2. The molecule has 0 aliphatic rings. The third-order valence-corrected chi connectivity index (χ3v) is 4.89. The van der Waals surface area contributed by atoms with E-state index >= 15 is 0 Å². The SMILES string of the molecule is Cc1ccc2nc3c4cccc5c(C)c(O)cc(c(=O)n3c2c1)c54. The third-order valence-electron chi connectivity index (χ3n) is 4.89. The van der Waals surface area contributed by atoms with Crippen LogP contribution in [-0.2, 0) is 0 Å². The van der Waals surface area contributed by atoms with Crippen LogP contribution in [0.1, 0.15) is 11.1 Å². The van der Waals surface area contributed by atoms with E-state index in [2.05, 4.69) is 0 Å². The van der Waals surface area contributed by atoms with Crippen molar-refractivity contribution in [2.75, 3.05) is 0 Å². The molecule has 0 atom stereocenters. The number of fused-ring (bicyclic) bond motifs is 4. The second-order valence-corrected chi connectivity index (χ2v) is 6.36. The van der Waals surface area contributed by atoms with E-state index in [1.807, 2.05) is 50.2 Å². The number of hydrogen-bond acceptors (Lipinski definition) is 3. The molecule has 24 heavy (non-hydrogen) atoms. The van der Waals surface area contributed by atoms with Crippen molar-refractivity contribution in [3.05, 3.63) is 63.9 Å². The molecule has 0 fully saturated rings. The first kappa shape index (κ1) is 13.3. The molecule has 1 N–H and O–H groups in total. The molecule has 116 valence electrons. The van der Waals surface area contributed by atoms with Gasteiger partial charge in [0.2, 0.25) is 0 Å². The fourth-order valence-corrected chi connectivity index (χ4v) is 3.66. The van der Waals surface area contributed by atoms with Crippen LogP contribution in [0, 0.1) is 13.8 Å². The van der Waals surface area contributed by atoms with E-state index in [1.165, 1.54) is 0 Å². The van der Waals surface area contributed by atoms with E-state index in [0.29, 0.717) is 11.0 Å². The van der Waals surface area contributed by atoms with Crippen LogP contribution >= 0.6 is 0 Å².